The second-order valence-electron chi connectivity index (χ2n) is 3.67. The molecule has 0 aliphatic carbocycles. The van der Waals surface area contributed by atoms with Crippen molar-refractivity contribution in [2.75, 3.05) is 0 Å². The molecule has 15 heavy (non-hydrogen) atoms. The van der Waals surface area contributed by atoms with Gasteiger partial charge in [-0.1, -0.05) is 0 Å². The van der Waals surface area contributed by atoms with Crippen LogP contribution in [0.15, 0.2) is 35.2 Å². The molecule has 0 amide bonds. The van der Waals surface area contributed by atoms with E-state index in [1.165, 1.54) is 5.56 Å². The number of pyridine rings is 1. The summed E-state index contributed by atoms with van der Waals surface area (Å²) in [6.45, 7) is 1.99. The van der Waals surface area contributed by atoms with E-state index in [1.807, 2.05) is 19.2 Å². The highest BCUT2D eigenvalue weighted by molar-refractivity contribution is 7.07. The van der Waals surface area contributed by atoms with Crippen LogP contribution in [0.3, 0.4) is 0 Å². The second kappa shape index (κ2) is 4.55. The van der Waals surface area contributed by atoms with E-state index in [9.17, 15) is 0 Å². The van der Waals surface area contributed by atoms with Gasteiger partial charge in [0.1, 0.15) is 0 Å². The fourth-order valence-electron chi connectivity index (χ4n) is 1.58. The van der Waals surface area contributed by atoms with Crippen molar-refractivity contribution in [1.29, 1.82) is 0 Å². The summed E-state index contributed by atoms with van der Waals surface area (Å²) in [7, 11) is 0. The molecule has 3 heteroatoms. The molecule has 0 bridgehead atoms. The van der Waals surface area contributed by atoms with E-state index in [0.29, 0.717) is 0 Å². The lowest BCUT2D eigenvalue weighted by Crippen LogP contribution is -2.13. The van der Waals surface area contributed by atoms with Crippen LogP contribution in [0.25, 0.3) is 0 Å². The van der Waals surface area contributed by atoms with Gasteiger partial charge in [-0.25, -0.2) is 0 Å². The van der Waals surface area contributed by atoms with Crippen LogP contribution in [0.1, 0.15) is 22.9 Å². The molecule has 2 nitrogen and oxygen atoms in total. The Hall–Kier alpha value is -1.19. The zero-order valence-electron chi connectivity index (χ0n) is 8.68. The minimum absolute atomic E-state index is 0.0706. The van der Waals surface area contributed by atoms with Gasteiger partial charge in [0.25, 0.3) is 0 Å². The first kappa shape index (κ1) is 10.3. The third-order valence-electron chi connectivity index (χ3n) is 2.38. The van der Waals surface area contributed by atoms with E-state index in [0.717, 1.165) is 17.7 Å². The monoisotopic (exact) mass is 218 g/mol. The van der Waals surface area contributed by atoms with Crippen LogP contribution in [0.2, 0.25) is 0 Å². The van der Waals surface area contributed by atoms with Crippen LogP contribution >= 0.6 is 11.3 Å². The second-order valence-corrected chi connectivity index (χ2v) is 4.45. The molecule has 1 unspecified atom stereocenters. The van der Waals surface area contributed by atoms with Crippen molar-refractivity contribution in [3.8, 4) is 0 Å². The molecular weight excluding hydrogens is 204 g/mol. The van der Waals surface area contributed by atoms with Gasteiger partial charge in [-0.2, -0.15) is 11.3 Å². The first-order valence-corrected chi connectivity index (χ1v) is 5.89. The summed E-state index contributed by atoms with van der Waals surface area (Å²) in [5, 5.41) is 4.23. The van der Waals surface area contributed by atoms with Gasteiger partial charge in [0.15, 0.2) is 0 Å². The van der Waals surface area contributed by atoms with Crippen molar-refractivity contribution < 1.29 is 0 Å². The van der Waals surface area contributed by atoms with Crippen LogP contribution in [0, 0.1) is 6.92 Å². The van der Waals surface area contributed by atoms with Gasteiger partial charge in [0.2, 0.25) is 0 Å². The number of nitrogens with zero attached hydrogens (tertiary/aromatic N) is 1. The molecular formula is C12H14N2S. The number of hydrogen-bond acceptors (Lipinski definition) is 3. The Balaban J connectivity index is 2.11. The number of aryl methyl sites for hydroxylation is 1. The van der Waals surface area contributed by atoms with Gasteiger partial charge in [-0.3, -0.25) is 4.98 Å². The molecule has 0 saturated heterocycles. The Labute approximate surface area is 93.8 Å². The molecule has 2 aromatic rings. The van der Waals surface area contributed by atoms with Crippen LogP contribution < -0.4 is 5.73 Å². The van der Waals surface area contributed by atoms with Crippen molar-refractivity contribution in [2.24, 2.45) is 5.73 Å². The molecule has 0 aliphatic heterocycles. The Kier molecular flexibility index (Phi) is 3.14. The molecule has 0 saturated carbocycles. The number of aromatic nitrogens is 1. The van der Waals surface area contributed by atoms with Gasteiger partial charge in [0.05, 0.1) is 0 Å². The Morgan fingerprint density at radius 2 is 2.33 bits per heavy atom. The Morgan fingerprint density at radius 1 is 1.47 bits per heavy atom. The number of rotatable bonds is 3. The average molecular weight is 218 g/mol. The molecule has 2 rings (SSSR count). The summed E-state index contributed by atoms with van der Waals surface area (Å²) in [6, 6.07) is 6.24. The number of thiophene rings is 1. The maximum Gasteiger partial charge on any atom is 0.0375 e. The minimum Gasteiger partial charge on any atom is -0.324 e. The SMILES string of the molecule is Cc1cc(C(N)Cc2ccsc2)ccn1. The minimum atomic E-state index is 0.0706. The molecule has 0 fully saturated rings. The third-order valence-corrected chi connectivity index (χ3v) is 3.12. The molecule has 0 aliphatic rings. The van der Waals surface area contributed by atoms with Crippen molar-refractivity contribution in [3.63, 3.8) is 0 Å². The van der Waals surface area contributed by atoms with Gasteiger partial charge in [-0.05, 0) is 53.4 Å². The molecule has 1 atom stereocenters. The van der Waals surface area contributed by atoms with E-state index in [2.05, 4.69) is 27.9 Å². The van der Waals surface area contributed by atoms with E-state index in [1.54, 1.807) is 11.3 Å². The molecule has 2 aromatic heterocycles. The predicted molar refractivity (Wildman–Crippen MR) is 63.9 cm³/mol. The summed E-state index contributed by atoms with van der Waals surface area (Å²) in [4.78, 5) is 4.17. The quantitative estimate of drug-likeness (QED) is 0.860. The first-order chi connectivity index (χ1) is 7.25. The van der Waals surface area contributed by atoms with Gasteiger partial charge >= 0.3 is 0 Å². The van der Waals surface area contributed by atoms with Gasteiger partial charge < -0.3 is 5.73 Å². The summed E-state index contributed by atoms with van der Waals surface area (Å²) >= 11 is 1.71. The molecule has 2 N–H and O–H groups in total. The highest BCUT2D eigenvalue weighted by Gasteiger charge is 2.07. The molecule has 0 aromatic carbocycles. The third kappa shape index (κ3) is 2.64. The van der Waals surface area contributed by atoms with Crippen LogP contribution in [-0.2, 0) is 6.42 Å². The van der Waals surface area contributed by atoms with Crippen molar-refractivity contribution in [1.82, 2.24) is 4.98 Å². The number of hydrogen-bond donors (Lipinski definition) is 1. The Bertz CT molecular complexity index is 423. The lowest BCUT2D eigenvalue weighted by Gasteiger charge is -2.11. The highest BCUT2D eigenvalue weighted by atomic mass is 32.1. The molecule has 2 heterocycles. The molecule has 0 spiro atoms. The topological polar surface area (TPSA) is 38.9 Å². The maximum absolute atomic E-state index is 6.13. The standard InChI is InChI=1S/C12H14N2S/c1-9-6-11(2-4-14-9)12(13)7-10-3-5-15-8-10/h2-6,8,12H,7,13H2,1H3. The predicted octanol–water partition coefficient (Wildman–Crippen LogP) is 2.69. The van der Waals surface area contributed by atoms with Crippen LogP contribution in [0.4, 0.5) is 0 Å². The van der Waals surface area contributed by atoms with Crippen molar-refractivity contribution >= 4 is 11.3 Å². The largest absolute Gasteiger partial charge is 0.324 e. The van der Waals surface area contributed by atoms with E-state index in [4.69, 9.17) is 5.73 Å². The number of nitrogens with two attached hydrogens (primary N) is 1. The Morgan fingerprint density at radius 3 is 3.00 bits per heavy atom. The highest BCUT2D eigenvalue weighted by Crippen LogP contribution is 2.17. The zero-order valence-corrected chi connectivity index (χ0v) is 9.50. The van der Waals surface area contributed by atoms with E-state index in [-0.39, 0.29) is 6.04 Å². The van der Waals surface area contributed by atoms with Crippen molar-refractivity contribution in [2.45, 2.75) is 19.4 Å². The lowest BCUT2D eigenvalue weighted by atomic mass is 10.0. The summed E-state index contributed by atoms with van der Waals surface area (Å²) in [5.74, 6) is 0. The first-order valence-electron chi connectivity index (χ1n) is 4.95. The summed E-state index contributed by atoms with van der Waals surface area (Å²) < 4.78 is 0. The van der Waals surface area contributed by atoms with E-state index >= 15 is 0 Å². The van der Waals surface area contributed by atoms with E-state index < -0.39 is 0 Å². The lowest BCUT2D eigenvalue weighted by molar-refractivity contribution is 0.721. The summed E-state index contributed by atoms with van der Waals surface area (Å²) in [5.41, 5.74) is 9.62. The van der Waals surface area contributed by atoms with Crippen LogP contribution in [0.5, 0.6) is 0 Å². The van der Waals surface area contributed by atoms with Crippen LogP contribution in [-0.4, -0.2) is 4.98 Å². The zero-order chi connectivity index (χ0) is 10.7. The van der Waals surface area contributed by atoms with Gasteiger partial charge in [0, 0.05) is 17.9 Å². The normalized spacial score (nSPS) is 12.7. The van der Waals surface area contributed by atoms with Crippen molar-refractivity contribution in [3.05, 3.63) is 52.0 Å². The smallest absolute Gasteiger partial charge is 0.0375 e. The molecule has 78 valence electrons. The summed E-state index contributed by atoms with van der Waals surface area (Å²) in [6.07, 6.45) is 2.71. The molecule has 0 radical (unpaired) electrons. The fourth-order valence-corrected chi connectivity index (χ4v) is 2.26. The fraction of sp³-hybridized carbons (Fsp3) is 0.250. The average Bonchev–Trinajstić information content (AvgIpc) is 2.70. The van der Waals surface area contributed by atoms with Gasteiger partial charge in [-0.15, -0.1) is 0 Å². The maximum atomic E-state index is 6.13.